The molecule has 78 valence electrons. The molecule has 6 nitrogen and oxygen atoms in total. The average molecular weight is 220 g/mol. The standard InChI is InChI=1S/C7H10ClN3O3/c8-1-2-10-3-4-11(7(9)14)6(13)5(10)12/h1-4H2,(H2,9,14). The number of carbonyl (C=O) groups is 3. The van der Waals surface area contributed by atoms with Gasteiger partial charge >= 0.3 is 17.8 Å². The Morgan fingerprint density at radius 1 is 1.36 bits per heavy atom. The predicted molar refractivity (Wildman–Crippen MR) is 48.6 cm³/mol. The third-order valence-corrected chi connectivity index (χ3v) is 2.10. The zero-order chi connectivity index (χ0) is 10.7. The van der Waals surface area contributed by atoms with Crippen molar-refractivity contribution in [1.29, 1.82) is 0 Å². The molecule has 7 heteroatoms. The Morgan fingerprint density at radius 2 is 2.00 bits per heavy atom. The zero-order valence-corrected chi connectivity index (χ0v) is 8.16. The average Bonchev–Trinajstić information content (AvgIpc) is 2.13. The third kappa shape index (κ3) is 1.95. The largest absolute Gasteiger partial charge is 0.351 e. The molecule has 1 saturated heterocycles. The first-order valence-corrected chi connectivity index (χ1v) is 4.57. The number of amides is 4. The molecule has 1 fully saturated rings. The highest BCUT2D eigenvalue weighted by Crippen LogP contribution is 2.04. The van der Waals surface area contributed by atoms with Crippen LogP contribution in [0.5, 0.6) is 0 Å². The van der Waals surface area contributed by atoms with Crippen LogP contribution in [0.2, 0.25) is 0 Å². The monoisotopic (exact) mass is 219 g/mol. The Morgan fingerprint density at radius 3 is 2.50 bits per heavy atom. The maximum atomic E-state index is 11.3. The van der Waals surface area contributed by atoms with Gasteiger partial charge in [-0.05, 0) is 0 Å². The van der Waals surface area contributed by atoms with Crippen molar-refractivity contribution < 1.29 is 14.4 Å². The summed E-state index contributed by atoms with van der Waals surface area (Å²) in [6.07, 6.45) is 0. The minimum absolute atomic E-state index is 0.136. The number of carbonyl (C=O) groups excluding carboxylic acids is 3. The van der Waals surface area contributed by atoms with Crippen LogP contribution >= 0.6 is 11.6 Å². The number of alkyl halides is 1. The molecule has 0 aromatic heterocycles. The van der Waals surface area contributed by atoms with Crippen molar-refractivity contribution in [3.63, 3.8) is 0 Å². The van der Waals surface area contributed by atoms with Crippen LogP contribution in [0.3, 0.4) is 0 Å². The van der Waals surface area contributed by atoms with Gasteiger partial charge in [0.05, 0.1) is 0 Å². The summed E-state index contributed by atoms with van der Waals surface area (Å²) < 4.78 is 0. The summed E-state index contributed by atoms with van der Waals surface area (Å²) in [5.74, 6) is -1.35. The van der Waals surface area contributed by atoms with E-state index in [2.05, 4.69) is 0 Å². The molecule has 1 aliphatic heterocycles. The fourth-order valence-electron chi connectivity index (χ4n) is 1.20. The van der Waals surface area contributed by atoms with Gasteiger partial charge in [-0.3, -0.25) is 14.5 Å². The highest BCUT2D eigenvalue weighted by molar-refractivity contribution is 6.38. The maximum Gasteiger partial charge on any atom is 0.321 e. The van der Waals surface area contributed by atoms with Crippen LogP contribution in [0.4, 0.5) is 4.79 Å². The fraction of sp³-hybridized carbons (Fsp3) is 0.571. The van der Waals surface area contributed by atoms with Gasteiger partial charge < -0.3 is 10.6 Å². The van der Waals surface area contributed by atoms with E-state index in [-0.39, 0.29) is 12.4 Å². The van der Waals surface area contributed by atoms with Crippen molar-refractivity contribution in [2.75, 3.05) is 25.5 Å². The summed E-state index contributed by atoms with van der Waals surface area (Å²) in [5, 5.41) is 0. The predicted octanol–water partition coefficient (Wildman–Crippen LogP) is -1.03. The number of halogens is 1. The first-order chi connectivity index (χ1) is 6.57. The number of hydrogen-bond acceptors (Lipinski definition) is 3. The van der Waals surface area contributed by atoms with Crippen LogP contribution in [-0.2, 0) is 9.59 Å². The van der Waals surface area contributed by atoms with E-state index in [1.165, 1.54) is 4.90 Å². The van der Waals surface area contributed by atoms with Crippen LogP contribution in [-0.4, -0.2) is 53.2 Å². The molecule has 0 bridgehead atoms. The van der Waals surface area contributed by atoms with Crippen molar-refractivity contribution in [2.24, 2.45) is 5.73 Å². The molecule has 0 atom stereocenters. The summed E-state index contributed by atoms with van der Waals surface area (Å²) >= 11 is 5.44. The van der Waals surface area contributed by atoms with E-state index in [1.807, 2.05) is 0 Å². The molecular weight excluding hydrogens is 210 g/mol. The first-order valence-electron chi connectivity index (χ1n) is 4.04. The van der Waals surface area contributed by atoms with Crippen LogP contribution in [0, 0.1) is 0 Å². The van der Waals surface area contributed by atoms with Gasteiger partial charge in [0.25, 0.3) is 0 Å². The molecule has 0 aromatic carbocycles. The molecule has 0 aliphatic carbocycles. The number of primary amides is 1. The van der Waals surface area contributed by atoms with Gasteiger partial charge in [0.1, 0.15) is 0 Å². The topological polar surface area (TPSA) is 83.7 Å². The van der Waals surface area contributed by atoms with Crippen molar-refractivity contribution in [1.82, 2.24) is 9.80 Å². The summed E-state index contributed by atoms with van der Waals surface area (Å²) in [6.45, 7) is 0.732. The maximum absolute atomic E-state index is 11.3. The van der Waals surface area contributed by atoms with E-state index in [9.17, 15) is 14.4 Å². The molecule has 0 radical (unpaired) electrons. The van der Waals surface area contributed by atoms with E-state index in [1.54, 1.807) is 0 Å². The lowest BCUT2D eigenvalue weighted by molar-refractivity contribution is -0.153. The molecule has 0 aromatic rings. The van der Waals surface area contributed by atoms with Gasteiger partial charge in [-0.15, -0.1) is 11.6 Å². The van der Waals surface area contributed by atoms with Gasteiger partial charge in [0.2, 0.25) is 0 Å². The molecule has 1 aliphatic rings. The second-order valence-electron chi connectivity index (χ2n) is 2.78. The number of urea groups is 1. The van der Waals surface area contributed by atoms with Crippen LogP contribution in [0.15, 0.2) is 0 Å². The number of piperazine rings is 1. The highest BCUT2D eigenvalue weighted by Gasteiger charge is 2.34. The molecule has 1 rings (SSSR count). The highest BCUT2D eigenvalue weighted by atomic mass is 35.5. The Kier molecular flexibility index (Phi) is 3.29. The number of nitrogens with zero attached hydrogens (tertiary/aromatic N) is 2. The van der Waals surface area contributed by atoms with Gasteiger partial charge in [-0.2, -0.15) is 0 Å². The lowest BCUT2D eigenvalue weighted by Gasteiger charge is -2.30. The van der Waals surface area contributed by atoms with Crippen molar-refractivity contribution in [3.8, 4) is 0 Å². The third-order valence-electron chi connectivity index (χ3n) is 1.93. The quantitative estimate of drug-likeness (QED) is 0.476. The second kappa shape index (κ2) is 4.28. The van der Waals surface area contributed by atoms with Crippen molar-refractivity contribution in [3.05, 3.63) is 0 Å². The van der Waals surface area contributed by atoms with Crippen LogP contribution in [0.25, 0.3) is 0 Å². The SMILES string of the molecule is NC(=O)N1CCN(CCCl)C(=O)C1=O. The van der Waals surface area contributed by atoms with Gasteiger partial charge in [-0.1, -0.05) is 0 Å². The smallest absolute Gasteiger partial charge is 0.321 e. The Bertz CT molecular complexity index is 281. The normalized spacial score (nSPS) is 17.5. The summed E-state index contributed by atoms with van der Waals surface area (Å²) in [6, 6.07) is -0.895. The number of hydrogen-bond donors (Lipinski definition) is 1. The zero-order valence-electron chi connectivity index (χ0n) is 7.40. The molecular formula is C7H10ClN3O3. The molecule has 0 spiro atoms. The van der Waals surface area contributed by atoms with E-state index >= 15 is 0 Å². The second-order valence-corrected chi connectivity index (χ2v) is 3.15. The van der Waals surface area contributed by atoms with E-state index in [0.29, 0.717) is 13.1 Å². The van der Waals surface area contributed by atoms with Crippen LogP contribution in [0.1, 0.15) is 0 Å². The lowest BCUT2D eigenvalue weighted by Crippen LogP contribution is -2.57. The molecule has 0 saturated carbocycles. The van der Waals surface area contributed by atoms with Gasteiger partial charge in [0.15, 0.2) is 0 Å². The van der Waals surface area contributed by atoms with Crippen molar-refractivity contribution in [2.45, 2.75) is 0 Å². The van der Waals surface area contributed by atoms with Crippen molar-refractivity contribution >= 4 is 29.4 Å². The Labute approximate surface area is 85.6 Å². The number of rotatable bonds is 2. The van der Waals surface area contributed by atoms with Gasteiger partial charge in [0, 0.05) is 25.5 Å². The Balaban J connectivity index is 2.69. The summed E-state index contributed by atoms with van der Waals surface area (Å²) in [5.41, 5.74) is 4.91. The minimum Gasteiger partial charge on any atom is -0.351 e. The van der Waals surface area contributed by atoms with E-state index < -0.39 is 17.8 Å². The minimum atomic E-state index is -0.895. The lowest BCUT2D eigenvalue weighted by atomic mass is 10.3. The summed E-state index contributed by atoms with van der Waals surface area (Å²) in [7, 11) is 0. The molecule has 2 N–H and O–H groups in total. The molecule has 0 unspecified atom stereocenters. The molecule has 14 heavy (non-hydrogen) atoms. The number of imide groups is 1. The number of nitrogens with two attached hydrogens (primary N) is 1. The van der Waals surface area contributed by atoms with E-state index in [0.717, 1.165) is 4.90 Å². The first kappa shape index (κ1) is 10.8. The molecule has 4 amide bonds. The summed E-state index contributed by atoms with van der Waals surface area (Å²) in [4.78, 5) is 35.3. The molecule has 1 heterocycles. The van der Waals surface area contributed by atoms with E-state index in [4.69, 9.17) is 17.3 Å². The Hall–Kier alpha value is -1.30. The van der Waals surface area contributed by atoms with Gasteiger partial charge in [-0.25, -0.2) is 4.79 Å². The van der Waals surface area contributed by atoms with Crippen LogP contribution < -0.4 is 5.73 Å². The fourth-order valence-corrected chi connectivity index (χ4v) is 1.40.